The number of unbranched alkanes of at least 4 members (excludes halogenated alkanes) is 1. The number of carbonyl (C=O) groups excluding carboxylic acids is 2. The minimum absolute atomic E-state index is 0.128. The Balaban J connectivity index is 2.14. The number of sulfonamides is 1. The maximum Gasteiger partial charge on any atom is 0.242 e. The van der Waals surface area contributed by atoms with E-state index in [9.17, 15) is 18.0 Å². The number of nitrogens with one attached hydrogen (secondary N) is 1. The molecular weight excluding hydrogens is 490 g/mol. The third-order valence-electron chi connectivity index (χ3n) is 6.19. The molecule has 0 unspecified atom stereocenters. The monoisotopic (exact) mass is 531 g/mol. The lowest BCUT2D eigenvalue weighted by Crippen LogP contribution is -2.50. The summed E-state index contributed by atoms with van der Waals surface area (Å²) in [5, 5.41) is 2.96. The number of ether oxygens (including phenoxy) is 1. The van der Waals surface area contributed by atoms with Gasteiger partial charge in [-0.25, -0.2) is 8.42 Å². The van der Waals surface area contributed by atoms with Gasteiger partial charge in [0.15, 0.2) is 0 Å². The molecule has 2 rings (SSSR count). The minimum atomic E-state index is -3.57. The molecule has 0 saturated carbocycles. The number of nitrogens with zero attached hydrogens (tertiary/aromatic N) is 2. The molecule has 1 N–H and O–H groups in total. The molecule has 0 heterocycles. The van der Waals surface area contributed by atoms with Crippen molar-refractivity contribution >= 4 is 27.5 Å². The summed E-state index contributed by atoms with van der Waals surface area (Å²) >= 11 is 0. The number of anilines is 1. The Bertz CT molecular complexity index is 1090. The van der Waals surface area contributed by atoms with Gasteiger partial charge in [0.25, 0.3) is 0 Å². The highest BCUT2D eigenvalue weighted by atomic mass is 32.2. The molecule has 0 radical (unpaired) electrons. The zero-order chi connectivity index (χ0) is 27.3. The van der Waals surface area contributed by atoms with E-state index in [1.807, 2.05) is 37.3 Å². The minimum Gasteiger partial charge on any atom is -0.497 e. The summed E-state index contributed by atoms with van der Waals surface area (Å²) < 4.78 is 31.5. The molecule has 0 aliphatic carbocycles. The number of benzene rings is 2. The Labute approximate surface area is 222 Å². The fourth-order valence-electron chi connectivity index (χ4n) is 4.17. The second kappa shape index (κ2) is 15.2. The SMILES string of the molecule is CCCCNC(=O)[C@@H](CC)N(CCc1ccccc1)C(=O)CCCN(c1cccc(OC)c1)S(C)(=O)=O. The average molecular weight is 532 g/mol. The molecule has 2 amide bonds. The van der Waals surface area contributed by atoms with Gasteiger partial charge in [0, 0.05) is 32.1 Å². The van der Waals surface area contributed by atoms with Crippen LogP contribution in [-0.2, 0) is 26.0 Å². The molecule has 0 aliphatic heterocycles. The molecule has 0 aliphatic rings. The van der Waals surface area contributed by atoms with Gasteiger partial charge in [0.05, 0.1) is 19.1 Å². The molecule has 2 aromatic carbocycles. The number of hydrogen-bond acceptors (Lipinski definition) is 5. The van der Waals surface area contributed by atoms with E-state index in [2.05, 4.69) is 12.2 Å². The highest BCUT2D eigenvalue weighted by molar-refractivity contribution is 7.92. The Morgan fingerprint density at radius 3 is 2.35 bits per heavy atom. The van der Waals surface area contributed by atoms with Gasteiger partial charge < -0.3 is 15.0 Å². The first kappa shape index (κ1) is 30.2. The van der Waals surface area contributed by atoms with Crippen LogP contribution in [0.5, 0.6) is 5.75 Å². The first-order valence-electron chi connectivity index (χ1n) is 12.9. The van der Waals surface area contributed by atoms with Crippen molar-refractivity contribution in [3.63, 3.8) is 0 Å². The molecule has 0 fully saturated rings. The Morgan fingerprint density at radius 2 is 1.73 bits per heavy atom. The first-order chi connectivity index (χ1) is 17.7. The molecule has 8 nitrogen and oxygen atoms in total. The Hall–Kier alpha value is -3.07. The van der Waals surface area contributed by atoms with E-state index in [-0.39, 0.29) is 24.8 Å². The Morgan fingerprint density at radius 1 is 1.00 bits per heavy atom. The highest BCUT2D eigenvalue weighted by Crippen LogP contribution is 2.23. The van der Waals surface area contributed by atoms with Crippen LogP contribution in [-0.4, -0.2) is 64.2 Å². The van der Waals surface area contributed by atoms with E-state index in [0.29, 0.717) is 43.8 Å². The van der Waals surface area contributed by atoms with Crippen molar-refractivity contribution in [2.45, 2.75) is 58.4 Å². The summed E-state index contributed by atoms with van der Waals surface area (Å²) in [6, 6.07) is 16.1. The molecule has 0 saturated heterocycles. The van der Waals surface area contributed by atoms with Crippen LogP contribution in [0.15, 0.2) is 54.6 Å². The molecular formula is C28H41N3O5S. The Kier molecular flexibility index (Phi) is 12.4. The summed E-state index contributed by atoms with van der Waals surface area (Å²) in [6.45, 7) is 5.10. The van der Waals surface area contributed by atoms with Gasteiger partial charge >= 0.3 is 0 Å². The third-order valence-corrected chi connectivity index (χ3v) is 7.39. The van der Waals surface area contributed by atoms with E-state index >= 15 is 0 Å². The number of amides is 2. The van der Waals surface area contributed by atoms with Crippen molar-refractivity contribution in [3.8, 4) is 5.75 Å². The van der Waals surface area contributed by atoms with E-state index in [4.69, 9.17) is 4.74 Å². The topological polar surface area (TPSA) is 96.0 Å². The lowest BCUT2D eigenvalue weighted by Gasteiger charge is -2.31. The van der Waals surface area contributed by atoms with Crippen LogP contribution in [0, 0.1) is 0 Å². The van der Waals surface area contributed by atoms with Crippen LogP contribution in [0.4, 0.5) is 5.69 Å². The molecule has 0 aromatic heterocycles. The van der Waals surface area contributed by atoms with Crippen molar-refractivity contribution in [2.24, 2.45) is 0 Å². The van der Waals surface area contributed by atoms with Crippen molar-refractivity contribution < 1.29 is 22.7 Å². The summed E-state index contributed by atoms with van der Waals surface area (Å²) in [5.74, 6) is 0.244. The van der Waals surface area contributed by atoms with E-state index in [0.717, 1.165) is 24.7 Å². The fourth-order valence-corrected chi connectivity index (χ4v) is 5.13. The van der Waals surface area contributed by atoms with Crippen molar-refractivity contribution in [1.82, 2.24) is 10.2 Å². The average Bonchev–Trinajstić information content (AvgIpc) is 2.88. The smallest absolute Gasteiger partial charge is 0.242 e. The van der Waals surface area contributed by atoms with Gasteiger partial charge in [-0.1, -0.05) is 56.7 Å². The first-order valence-corrected chi connectivity index (χ1v) is 14.8. The highest BCUT2D eigenvalue weighted by Gasteiger charge is 2.28. The van der Waals surface area contributed by atoms with Gasteiger partial charge in [-0.2, -0.15) is 0 Å². The van der Waals surface area contributed by atoms with Crippen LogP contribution in [0.2, 0.25) is 0 Å². The second-order valence-electron chi connectivity index (χ2n) is 9.03. The molecule has 1 atom stereocenters. The summed E-state index contributed by atoms with van der Waals surface area (Å²) in [5.41, 5.74) is 1.57. The summed E-state index contributed by atoms with van der Waals surface area (Å²) in [6.07, 6.45) is 4.57. The molecule has 0 bridgehead atoms. The van der Waals surface area contributed by atoms with Crippen LogP contribution in [0.1, 0.15) is 51.5 Å². The zero-order valence-corrected chi connectivity index (χ0v) is 23.3. The van der Waals surface area contributed by atoms with E-state index in [1.54, 1.807) is 29.2 Å². The van der Waals surface area contributed by atoms with Crippen LogP contribution >= 0.6 is 0 Å². The van der Waals surface area contributed by atoms with Crippen LogP contribution in [0.3, 0.4) is 0 Å². The lowest BCUT2D eigenvalue weighted by atomic mass is 10.1. The molecule has 2 aromatic rings. The van der Waals surface area contributed by atoms with Gasteiger partial charge in [0.2, 0.25) is 21.8 Å². The normalized spacial score (nSPS) is 12.0. The van der Waals surface area contributed by atoms with Crippen molar-refractivity contribution in [1.29, 1.82) is 0 Å². The number of methoxy groups -OCH3 is 1. The number of rotatable bonds is 16. The van der Waals surface area contributed by atoms with Crippen molar-refractivity contribution in [2.75, 3.05) is 37.3 Å². The third kappa shape index (κ3) is 9.72. The van der Waals surface area contributed by atoms with Gasteiger partial charge in [-0.15, -0.1) is 0 Å². The van der Waals surface area contributed by atoms with Gasteiger partial charge in [-0.05, 0) is 43.4 Å². The van der Waals surface area contributed by atoms with E-state index < -0.39 is 16.1 Å². The standard InChI is InChI=1S/C28H41N3O5S/c1-5-7-19-29-28(33)26(6-2)30(21-18-23-13-9-8-10-14-23)27(32)17-12-20-31(37(4,34)35)24-15-11-16-25(22-24)36-3/h8-11,13-16,22,26H,5-7,12,17-21H2,1-4H3,(H,29,33)/t26-/m1/s1. The number of carbonyl (C=O) groups is 2. The molecule has 204 valence electrons. The molecule has 0 spiro atoms. The van der Waals surface area contributed by atoms with Crippen LogP contribution in [0.25, 0.3) is 0 Å². The maximum absolute atomic E-state index is 13.4. The van der Waals surface area contributed by atoms with Crippen molar-refractivity contribution in [3.05, 3.63) is 60.2 Å². The quantitative estimate of drug-likeness (QED) is 0.330. The summed E-state index contributed by atoms with van der Waals surface area (Å²) in [4.78, 5) is 28.0. The molecule has 37 heavy (non-hydrogen) atoms. The maximum atomic E-state index is 13.4. The largest absolute Gasteiger partial charge is 0.497 e. The van der Waals surface area contributed by atoms with E-state index in [1.165, 1.54) is 11.4 Å². The zero-order valence-electron chi connectivity index (χ0n) is 22.5. The lowest BCUT2D eigenvalue weighted by molar-refractivity contribution is -0.140. The number of hydrogen-bond donors (Lipinski definition) is 1. The van der Waals surface area contributed by atoms with Gasteiger partial charge in [0.1, 0.15) is 11.8 Å². The molecule has 9 heteroatoms. The second-order valence-corrected chi connectivity index (χ2v) is 10.9. The van der Waals surface area contributed by atoms with Gasteiger partial charge in [-0.3, -0.25) is 13.9 Å². The predicted molar refractivity (Wildman–Crippen MR) is 148 cm³/mol. The predicted octanol–water partition coefficient (Wildman–Crippen LogP) is 4.01. The summed E-state index contributed by atoms with van der Waals surface area (Å²) in [7, 11) is -2.04. The fraction of sp³-hybridized carbons (Fsp3) is 0.500. The van der Waals surface area contributed by atoms with Crippen LogP contribution < -0.4 is 14.4 Å².